The highest BCUT2D eigenvalue weighted by Crippen LogP contribution is 2.33. The molecular weight excluding hydrogens is 436 g/mol. The Hall–Kier alpha value is -3.10. The van der Waals surface area contributed by atoms with Crippen molar-refractivity contribution in [3.05, 3.63) is 65.9 Å². The first-order valence-corrected chi connectivity index (χ1v) is 11.0. The number of anilines is 1. The molecule has 0 saturated heterocycles. The molecule has 0 spiro atoms. The van der Waals surface area contributed by atoms with Crippen LogP contribution in [0.4, 0.5) is 5.13 Å². The number of para-hydroxylation sites is 1. The van der Waals surface area contributed by atoms with Crippen molar-refractivity contribution in [1.82, 2.24) is 14.8 Å². The van der Waals surface area contributed by atoms with Crippen LogP contribution < -0.4 is 14.4 Å². The van der Waals surface area contributed by atoms with Gasteiger partial charge in [0.25, 0.3) is 5.91 Å². The van der Waals surface area contributed by atoms with Crippen molar-refractivity contribution in [2.75, 3.05) is 24.7 Å². The predicted octanol–water partition coefficient (Wildman–Crippen LogP) is 4.66. The summed E-state index contributed by atoms with van der Waals surface area (Å²) in [5.41, 5.74) is 0.688. The number of halogens is 1. The third-order valence-corrected chi connectivity index (χ3v) is 5.85. The summed E-state index contributed by atoms with van der Waals surface area (Å²) in [4.78, 5) is 19.3. The van der Waals surface area contributed by atoms with Gasteiger partial charge in [0.05, 0.1) is 22.9 Å². The molecule has 0 aliphatic heterocycles. The average Bonchev–Trinajstić information content (AvgIpc) is 3.44. The molecule has 160 valence electrons. The van der Waals surface area contributed by atoms with Crippen molar-refractivity contribution in [3.8, 4) is 11.5 Å². The minimum atomic E-state index is -0.198. The standard InChI is InChI=1S/C22H21ClN4O3S/c1-2-29-16-7-9-17(10-8-16)30-15-20(28)27(14-13-26-12-4-11-24-26)22-25-21-18(23)5-3-6-19(21)31-22/h3-12H,2,13-15H2,1H3. The molecule has 0 saturated carbocycles. The van der Waals surface area contributed by atoms with Gasteiger partial charge in [0, 0.05) is 18.9 Å². The van der Waals surface area contributed by atoms with E-state index in [1.807, 2.05) is 43.5 Å². The SMILES string of the molecule is CCOc1ccc(OCC(=O)N(CCn2cccn2)c2nc3c(Cl)cccc3s2)cc1. The molecule has 0 aliphatic rings. The van der Waals surface area contributed by atoms with E-state index >= 15 is 0 Å². The lowest BCUT2D eigenvalue weighted by atomic mass is 10.3. The highest BCUT2D eigenvalue weighted by atomic mass is 35.5. The minimum Gasteiger partial charge on any atom is -0.494 e. The van der Waals surface area contributed by atoms with E-state index in [1.54, 1.807) is 34.0 Å². The largest absolute Gasteiger partial charge is 0.494 e. The molecule has 0 atom stereocenters. The van der Waals surface area contributed by atoms with E-state index in [2.05, 4.69) is 10.1 Å². The number of nitrogens with zero attached hydrogens (tertiary/aromatic N) is 4. The molecule has 0 fully saturated rings. The second kappa shape index (κ2) is 9.80. The number of aromatic nitrogens is 3. The fraction of sp³-hybridized carbons (Fsp3) is 0.227. The Morgan fingerprint density at radius 2 is 1.90 bits per heavy atom. The van der Waals surface area contributed by atoms with E-state index in [4.69, 9.17) is 21.1 Å². The first-order chi connectivity index (χ1) is 15.1. The molecular formula is C22H21ClN4O3S. The van der Waals surface area contributed by atoms with Crippen molar-refractivity contribution >= 4 is 44.2 Å². The van der Waals surface area contributed by atoms with Crippen LogP contribution in [0.5, 0.6) is 11.5 Å². The molecule has 1 amide bonds. The van der Waals surface area contributed by atoms with E-state index in [0.29, 0.717) is 41.1 Å². The van der Waals surface area contributed by atoms with Gasteiger partial charge < -0.3 is 9.47 Å². The molecule has 2 heterocycles. The fourth-order valence-electron chi connectivity index (χ4n) is 3.00. The van der Waals surface area contributed by atoms with Gasteiger partial charge in [-0.15, -0.1) is 0 Å². The van der Waals surface area contributed by atoms with E-state index in [0.717, 1.165) is 10.4 Å². The number of ether oxygens (including phenoxy) is 2. The number of amides is 1. The van der Waals surface area contributed by atoms with Crippen molar-refractivity contribution < 1.29 is 14.3 Å². The zero-order chi connectivity index (χ0) is 21.6. The van der Waals surface area contributed by atoms with Crippen LogP contribution in [0, 0.1) is 0 Å². The topological polar surface area (TPSA) is 69.5 Å². The molecule has 4 aromatic rings. The third kappa shape index (κ3) is 5.15. The summed E-state index contributed by atoms with van der Waals surface area (Å²) >= 11 is 7.70. The molecule has 0 unspecified atom stereocenters. The maximum Gasteiger partial charge on any atom is 0.266 e. The summed E-state index contributed by atoms with van der Waals surface area (Å²) < 4.78 is 13.8. The lowest BCUT2D eigenvalue weighted by Gasteiger charge is -2.20. The van der Waals surface area contributed by atoms with Crippen LogP contribution in [-0.2, 0) is 11.3 Å². The zero-order valence-corrected chi connectivity index (χ0v) is 18.5. The van der Waals surface area contributed by atoms with Gasteiger partial charge in [-0.25, -0.2) is 4.98 Å². The molecule has 0 radical (unpaired) electrons. The Balaban J connectivity index is 1.51. The van der Waals surface area contributed by atoms with E-state index in [1.165, 1.54) is 11.3 Å². The number of thiazole rings is 1. The Bertz CT molecular complexity index is 1150. The van der Waals surface area contributed by atoms with Crippen molar-refractivity contribution in [2.24, 2.45) is 0 Å². The zero-order valence-electron chi connectivity index (χ0n) is 16.9. The molecule has 9 heteroatoms. The summed E-state index contributed by atoms with van der Waals surface area (Å²) in [7, 11) is 0. The number of fused-ring (bicyclic) bond motifs is 1. The monoisotopic (exact) mass is 456 g/mol. The van der Waals surface area contributed by atoms with Gasteiger partial charge >= 0.3 is 0 Å². The first kappa shape index (κ1) is 21.1. The first-order valence-electron chi connectivity index (χ1n) is 9.82. The van der Waals surface area contributed by atoms with Crippen LogP contribution in [0.1, 0.15) is 6.92 Å². The van der Waals surface area contributed by atoms with E-state index in [-0.39, 0.29) is 12.5 Å². The van der Waals surface area contributed by atoms with Gasteiger partial charge in [0.15, 0.2) is 11.7 Å². The molecule has 2 aromatic heterocycles. The molecule has 0 aliphatic carbocycles. The molecule has 7 nitrogen and oxygen atoms in total. The summed E-state index contributed by atoms with van der Waals surface area (Å²) in [6, 6.07) is 14.6. The van der Waals surface area contributed by atoms with Crippen LogP contribution in [0.25, 0.3) is 10.2 Å². The van der Waals surface area contributed by atoms with E-state index < -0.39 is 0 Å². The fourth-order valence-corrected chi connectivity index (χ4v) is 4.31. The highest BCUT2D eigenvalue weighted by Gasteiger charge is 2.21. The van der Waals surface area contributed by atoms with Crippen molar-refractivity contribution in [1.29, 1.82) is 0 Å². The van der Waals surface area contributed by atoms with Crippen LogP contribution in [-0.4, -0.2) is 40.4 Å². The Morgan fingerprint density at radius 1 is 1.13 bits per heavy atom. The van der Waals surface area contributed by atoms with Crippen LogP contribution in [0.2, 0.25) is 5.02 Å². The second-order valence-electron chi connectivity index (χ2n) is 6.59. The summed E-state index contributed by atoms with van der Waals surface area (Å²) in [5, 5.41) is 5.35. The summed E-state index contributed by atoms with van der Waals surface area (Å²) in [6.45, 7) is 3.35. The number of benzene rings is 2. The van der Waals surface area contributed by atoms with Gasteiger partial charge in [-0.3, -0.25) is 14.4 Å². The van der Waals surface area contributed by atoms with Crippen LogP contribution in [0.15, 0.2) is 60.9 Å². The third-order valence-electron chi connectivity index (χ3n) is 4.50. The van der Waals surface area contributed by atoms with Crippen molar-refractivity contribution in [2.45, 2.75) is 13.5 Å². The second-order valence-corrected chi connectivity index (χ2v) is 8.01. The maximum atomic E-state index is 13.1. The van der Waals surface area contributed by atoms with Gasteiger partial charge in [-0.2, -0.15) is 5.10 Å². The van der Waals surface area contributed by atoms with Gasteiger partial charge in [-0.05, 0) is 49.4 Å². The number of carbonyl (C=O) groups excluding carboxylic acids is 1. The summed E-state index contributed by atoms with van der Waals surface area (Å²) in [6.07, 6.45) is 3.56. The van der Waals surface area contributed by atoms with Crippen molar-refractivity contribution in [3.63, 3.8) is 0 Å². The quantitative estimate of drug-likeness (QED) is 0.366. The molecule has 31 heavy (non-hydrogen) atoms. The highest BCUT2D eigenvalue weighted by molar-refractivity contribution is 7.22. The maximum absolute atomic E-state index is 13.1. The normalized spacial score (nSPS) is 10.9. The summed E-state index contributed by atoms with van der Waals surface area (Å²) in [5.74, 6) is 1.15. The number of carbonyl (C=O) groups is 1. The molecule has 2 aromatic carbocycles. The van der Waals surface area contributed by atoms with Gasteiger partial charge in [-0.1, -0.05) is 29.0 Å². The number of hydrogen-bond acceptors (Lipinski definition) is 6. The molecule has 0 bridgehead atoms. The minimum absolute atomic E-state index is 0.114. The smallest absolute Gasteiger partial charge is 0.266 e. The van der Waals surface area contributed by atoms with Crippen LogP contribution in [0.3, 0.4) is 0 Å². The van der Waals surface area contributed by atoms with Gasteiger partial charge in [0.2, 0.25) is 0 Å². The number of rotatable bonds is 9. The van der Waals surface area contributed by atoms with E-state index in [9.17, 15) is 4.79 Å². The molecule has 4 rings (SSSR count). The Labute approximate surface area is 188 Å². The molecule has 0 N–H and O–H groups in total. The predicted molar refractivity (Wildman–Crippen MR) is 122 cm³/mol. The number of hydrogen-bond donors (Lipinski definition) is 0. The van der Waals surface area contributed by atoms with Crippen LogP contribution >= 0.6 is 22.9 Å². The van der Waals surface area contributed by atoms with Gasteiger partial charge in [0.1, 0.15) is 17.0 Å². The lowest BCUT2D eigenvalue weighted by Crippen LogP contribution is -2.37. The Morgan fingerprint density at radius 3 is 2.58 bits per heavy atom. The Kier molecular flexibility index (Phi) is 6.69. The average molecular weight is 457 g/mol. The lowest BCUT2D eigenvalue weighted by molar-refractivity contribution is -0.120.